The third-order valence-corrected chi connectivity index (χ3v) is 10.0. The van der Waals surface area contributed by atoms with E-state index < -0.39 is 18.2 Å². The lowest BCUT2D eigenvalue weighted by molar-refractivity contribution is -0.131. The summed E-state index contributed by atoms with van der Waals surface area (Å²) in [4.78, 5) is 28.0. The molecule has 14 heteroatoms. The molecule has 1 unspecified atom stereocenters. The fraction of sp³-hybridized carbons (Fsp3) is 0.649. The number of alkyl halides is 3. The maximum Gasteiger partial charge on any atom is 0.410 e. The molecule has 1 amide bonds. The molecule has 2 aromatic heterocycles. The number of ether oxygens (including phenoxy) is 2. The Hall–Kier alpha value is -3.46. The number of piperazine rings is 1. The van der Waals surface area contributed by atoms with E-state index in [0.717, 1.165) is 75.0 Å². The molecule has 3 fully saturated rings. The third kappa shape index (κ3) is 10.3. The summed E-state index contributed by atoms with van der Waals surface area (Å²) in [6, 6.07) is 8.70. The van der Waals surface area contributed by atoms with Crippen LogP contribution in [0.25, 0.3) is 22.2 Å². The van der Waals surface area contributed by atoms with Gasteiger partial charge in [-0.3, -0.25) is 9.80 Å². The highest BCUT2D eigenvalue weighted by molar-refractivity contribution is 5.94. The minimum atomic E-state index is -4.25. The molecule has 0 radical (unpaired) electrons. The van der Waals surface area contributed by atoms with Gasteiger partial charge in [0.2, 0.25) is 5.95 Å². The minimum absolute atomic E-state index is 0.0539. The van der Waals surface area contributed by atoms with Gasteiger partial charge in [0.1, 0.15) is 11.2 Å². The standard InChI is InChI=1S/C37H52F3N7O4/c1-36(2,3)51-35(49)46-15-12-30(24-46)50-21-20-44-16-18-45(19-17-44)23-26-4-6-27(7-5-26)32-25-47(28-8-10-29(48)11-9-28)33-31(32)22-42-34(43-33)41-14-13-37(38,39)40/h4-7,22,25,28-30,48H,8-21,23-24H2,1-3H3,(H,41,42,43)/t28-,29-,30?. The van der Waals surface area contributed by atoms with E-state index in [-0.39, 0.29) is 36.8 Å². The van der Waals surface area contributed by atoms with E-state index >= 15 is 0 Å². The van der Waals surface area contributed by atoms with E-state index in [1.807, 2.05) is 20.8 Å². The van der Waals surface area contributed by atoms with E-state index in [0.29, 0.717) is 38.2 Å². The fourth-order valence-electron chi connectivity index (χ4n) is 7.20. The number of fused-ring (bicyclic) bond motifs is 1. The normalized spacial score (nSPS) is 22.5. The number of nitrogens with one attached hydrogen (secondary N) is 1. The summed E-state index contributed by atoms with van der Waals surface area (Å²) >= 11 is 0. The van der Waals surface area contributed by atoms with Crippen LogP contribution in [0.2, 0.25) is 0 Å². The lowest BCUT2D eigenvalue weighted by Gasteiger charge is -2.34. The molecular weight excluding hydrogens is 663 g/mol. The van der Waals surface area contributed by atoms with Crippen LogP contribution in [-0.4, -0.2) is 123 Å². The second-order valence-electron chi connectivity index (χ2n) is 15.2. The molecular formula is C37H52F3N7O4. The predicted molar refractivity (Wildman–Crippen MR) is 190 cm³/mol. The van der Waals surface area contributed by atoms with Crippen LogP contribution in [0.4, 0.5) is 23.9 Å². The highest BCUT2D eigenvalue weighted by Gasteiger charge is 2.31. The first-order chi connectivity index (χ1) is 24.3. The average Bonchev–Trinajstić information content (AvgIpc) is 3.70. The van der Waals surface area contributed by atoms with Crippen LogP contribution in [0.1, 0.15) is 70.9 Å². The molecule has 1 aromatic carbocycles. The van der Waals surface area contributed by atoms with E-state index in [4.69, 9.17) is 9.47 Å². The molecule has 0 spiro atoms. The zero-order valence-electron chi connectivity index (χ0n) is 30.0. The average molecular weight is 716 g/mol. The Morgan fingerprint density at radius 1 is 0.980 bits per heavy atom. The number of benzene rings is 1. The van der Waals surface area contributed by atoms with Crippen molar-refractivity contribution in [1.29, 1.82) is 0 Å². The van der Waals surface area contributed by atoms with Crippen LogP contribution in [0.5, 0.6) is 0 Å². The highest BCUT2D eigenvalue weighted by atomic mass is 19.4. The zero-order valence-corrected chi connectivity index (χ0v) is 30.0. The van der Waals surface area contributed by atoms with Gasteiger partial charge in [-0.05, 0) is 64.0 Å². The number of aliphatic hydroxyl groups is 1. The van der Waals surface area contributed by atoms with Crippen LogP contribution in [0.3, 0.4) is 0 Å². The molecule has 1 saturated carbocycles. The van der Waals surface area contributed by atoms with Crippen LogP contribution < -0.4 is 5.32 Å². The second-order valence-corrected chi connectivity index (χ2v) is 15.2. The predicted octanol–water partition coefficient (Wildman–Crippen LogP) is 6.08. The van der Waals surface area contributed by atoms with Crippen LogP contribution in [-0.2, 0) is 16.0 Å². The maximum absolute atomic E-state index is 12.7. The van der Waals surface area contributed by atoms with Gasteiger partial charge in [0, 0.05) is 81.7 Å². The molecule has 3 aliphatic rings. The number of carbonyl (C=O) groups is 1. The highest BCUT2D eigenvalue weighted by Crippen LogP contribution is 2.37. The summed E-state index contributed by atoms with van der Waals surface area (Å²) in [6.45, 7) is 12.8. The van der Waals surface area contributed by atoms with Crippen molar-refractivity contribution in [2.24, 2.45) is 0 Å². The number of nitrogens with zero attached hydrogens (tertiary/aromatic N) is 6. The number of halogens is 3. The van der Waals surface area contributed by atoms with Gasteiger partial charge in [-0.1, -0.05) is 24.3 Å². The summed E-state index contributed by atoms with van der Waals surface area (Å²) in [6.07, 6.45) is 1.90. The second kappa shape index (κ2) is 16.1. The smallest absolute Gasteiger partial charge is 0.410 e. The molecule has 2 aliphatic heterocycles. The monoisotopic (exact) mass is 715 g/mol. The Morgan fingerprint density at radius 2 is 1.69 bits per heavy atom. The molecule has 11 nitrogen and oxygen atoms in total. The van der Waals surface area contributed by atoms with Crippen molar-refractivity contribution in [2.75, 3.05) is 64.3 Å². The van der Waals surface area contributed by atoms with Gasteiger partial charge >= 0.3 is 12.3 Å². The van der Waals surface area contributed by atoms with Gasteiger partial charge in [-0.15, -0.1) is 0 Å². The van der Waals surface area contributed by atoms with Crippen molar-refractivity contribution >= 4 is 23.1 Å². The molecule has 0 bridgehead atoms. The first kappa shape index (κ1) is 37.3. The van der Waals surface area contributed by atoms with Crippen LogP contribution in [0.15, 0.2) is 36.7 Å². The zero-order chi connectivity index (χ0) is 36.2. The number of hydrogen-bond acceptors (Lipinski definition) is 9. The lowest BCUT2D eigenvalue weighted by atomic mass is 9.93. The van der Waals surface area contributed by atoms with E-state index in [1.165, 1.54) is 5.56 Å². The topological polar surface area (TPSA) is 108 Å². The fourth-order valence-corrected chi connectivity index (χ4v) is 7.20. The first-order valence-corrected chi connectivity index (χ1v) is 18.3. The SMILES string of the molecule is CC(C)(C)OC(=O)N1CCC(OCCN2CCN(Cc3ccc(-c4cn([C@H]5CC[C@H](O)CC5)c5nc(NCCC(F)(F)F)ncc45)cc3)CC2)C1. The first-order valence-electron chi connectivity index (χ1n) is 18.3. The Morgan fingerprint density at radius 3 is 2.37 bits per heavy atom. The van der Waals surface area contributed by atoms with Gasteiger partial charge in [0.25, 0.3) is 0 Å². The number of aromatic nitrogens is 3. The van der Waals surface area contributed by atoms with Crippen LogP contribution >= 0.6 is 0 Å². The van der Waals surface area contributed by atoms with E-state index in [1.54, 1.807) is 11.1 Å². The van der Waals surface area contributed by atoms with Gasteiger partial charge in [-0.2, -0.15) is 18.2 Å². The summed E-state index contributed by atoms with van der Waals surface area (Å²) in [5.74, 6) is 0.178. The van der Waals surface area contributed by atoms with Crippen molar-refractivity contribution in [3.8, 4) is 11.1 Å². The molecule has 2 N–H and O–H groups in total. The van der Waals surface area contributed by atoms with E-state index in [9.17, 15) is 23.1 Å². The van der Waals surface area contributed by atoms with Gasteiger partial charge in [-0.25, -0.2) is 9.78 Å². The number of amides is 1. The van der Waals surface area contributed by atoms with Crippen molar-refractivity contribution in [1.82, 2.24) is 29.2 Å². The Bertz CT molecular complexity index is 1590. The number of anilines is 1. The molecule has 3 aromatic rings. The number of likely N-dealkylation sites (tertiary alicyclic amines) is 1. The maximum atomic E-state index is 12.7. The largest absolute Gasteiger partial charge is 0.444 e. The quantitative estimate of drug-likeness (QED) is 0.244. The summed E-state index contributed by atoms with van der Waals surface area (Å²) in [7, 11) is 0. The molecule has 2 saturated heterocycles. The molecule has 1 atom stereocenters. The Labute approximate surface area is 298 Å². The number of rotatable bonds is 11. The van der Waals surface area contributed by atoms with Crippen LogP contribution in [0, 0.1) is 0 Å². The van der Waals surface area contributed by atoms with Gasteiger partial charge < -0.3 is 29.4 Å². The minimum Gasteiger partial charge on any atom is -0.444 e. The van der Waals surface area contributed by atoms with Gasteiger partial charge in [0.05, 0.1) is 31.8 Å². The number of aliphatic hydroxyl groups excluding tert-OH is 1. The third-order valence-electron chi connectivity index (χ3n) is 10.0. The summed E-state index contributed by atoms with van der Waals surface area (Å²) in [5, 5.41) is 13.7. The summed E-state index contributed by atoms with van der Waals surface area (Å²) < 4.78 is 51.9. The number of hydrogen-bond donors (Lipinski definition) is 2. The van der Waals surface area contributed by atoms with Crippen molar-refractivity contribution < 1.29 is 32.5 Å². The number of carbonyl (C=O) groups excluding carboxylic acids is 1. The Kier molecular flexibility index (Phi) is 11.7. The lowest BCUT2D eigenvalue weighted by Crippen LogP contribution is -2.47. The van der Waals surface area contributed by atoms with Crippen molar-refractivity contribution in [3.05, 3.63) is 42.2 Å². The van der Waals surface area contributed by atoms with Crippen molar-refractivity contribution in [3.63, 3.8) is 0 Å². The molecule has 6 rings (SSSR count). The summed E-state index contributed by atoms with van der Waals surface area (Å²) in [5.41, 5.74) is 3.43. The molecule has 1 aliphatic carbocycles. The molecule has 51 heavy (non-hydrogen) atoms. The van der Waals surface area contributed by atoms with E-state index in [2.05, 4.69) is 60.1 Å². The molecule has 4 heterocycles. The van der Waals surface area contributed by atoms with Gasteiger partial charge in [0.15, 0.2) is 0 Å². The van der Waals surface area contributed by atoms with Crippen molar-refractivity contribution in [2.45, 2.75) is 95.9 Å². The Balaban J connectivity index is 1.01. The molecule has 280 valence electrons.